The van der Waals surface area contributed by atoms with Crippen LogP contribution in [-0.2, 0) is 13.1 Å². The van der Waals surface area contributed by atoms with Crippen molar-refractivity contribution in [2.24, 2.45) is 5.92 Å². The molecule has 0 aliphatic carbocycles. The molecule has 1 aliphatic rings. The number of aliphatic hydroxyl groups excluding tert-OH is 1. The van der Waals surface area contributed by atoms with Gasteiger partial charge in [-0.3, -0.25) is 4.90 Å². The SMILES string of the molecule is CC(C)C(O)c1ccc2c(c1)CN(Cc1cccc(Cl)c1)CCO2. The van der Waals surface area contributed by atoms with Gasteiger partial charge in [-0.05, 0) is 41.3 Å². The lowest BCUT2D eigenvalue weighted by molar-refractivity contribution is 0.126. The molecule has 0 saturated carbocycles. The molecule has 0 saturated heterocycles. The van der Waals surface area contributed by atoms with Gasteiger partial charge in [0.05, 0.1) is 6.10 Å². The summed E-state index contributed by atoms with van der Waals surface area (Å²) in [6.07, 6.45) is -0.445. The van der Waals surface area contributed by atoms with E-state index in [1.807, 2.05) is 44.2 Å². The summed E-state index contributed by atoms with van der Waals surface area (Å²) in [4.78, 5) is 2.35. The van der Waals surface area contributed by atoms with Gasteiger partial charge in [0.25, 0.3) is 0 Å². The lowest BCUT2D eigenvalue weighted by atomic mass is 9.97. The van der Waals surface area contributed by atoms with Crippen molar-refractivity contribution in [1.29, 1.82) is 0 Å². The van der Waals surface area contributed by atoms with Crippen LogP contribution in [0.4, 0.5) is 0 Å². The number of hydrogen-bond acceptors (Lipinski definition) is 3. The molecule has 0 aromatic heterocycles. The molecule has 3 rings (SSSR count). The van der Waals surface area contributed by atoms with Gasteiger partial charge in [-0.2, -0.15) is 0 Å². The summed E-state index contributed by atoms with van der Waals surface area (Å²) >= 11 is 6.09. The molecule has 0 fully saturated rings. The Morgan fingerprint density at radius 3 is 2.79 bits per heavy atom. The van der Waals surface area contributed by atoms with E-state index >= 15 is 0 Å². The predicted molar refractivity (Wildman–Crippen MR) is 97.3 cm³/mol. The van der Waals surface area contributed by atoms with Gasteiger partial charge in [0.2, 0.25) is 0 Å². The topological polar surface area (TPSA) is 32.7 Å². The van der Waals surface area contributed by atoms with E-state index in [4.69, 9.17) is 16.3 Å². The molecule has 1 unspecified atom stereocenters. The number of nitrogens with zero attached hydrogens (tertiary/aromatic N) is 1. The summed E-state index contributed by atoms with van der Waals surface area (Å²) in [6.45, 7) is 7.22. The molecular weight excluding hydrogens is 322 g/mol. The summed E-state index contributed by atoms with van der Waals surface area (Å²) in [5.74, 6) is 1.11. The zero-order chi connectivity index (χ0) is 17.1. The van der Waals surface area contributed by atoms with Gasteiger partial charge in [0.1, 0.15) is 12.4 Å². The summed E-state index contributed by atoms with van der Waals surface area (Å²) < 4.78 is 5.89. The zero-order valence-corrected chi connectivity index (χ0v) is 15.0. The second-order valence-electron chi connectivity index (χ2n) is 6.75. The second kappa shape index (κ2) is 7.56. The quantitative estimate of drug-likeness (QED) is 0.890. The Balaban J connectivity index is 1.79. The fourth-order valence-corrected chi connectivity index (χ4v) is 3.28. The maximum Gasteiger partial charge on any atom is 0.123 e. The lowest BCUT2D eigenvalue weighted by Gasteiger charge is -2.20. The molecule has 2 aromatic rings. The minimum atomic E-state index is -0.445. The van der Waals surface area contributed by atoms with Crippen LogP contribution in [0.3, 0.4) is 0 Å². The van der Waals surface area contributed by atoms with Crippen molar-refractivity contribution in [3.8, 4) is 5.75 Å². The van der Waals surface area contributed by atoms with Crippen molar-refractivity contribution in [2.45, 2.75) is 33.0 Å². The molecule has 24 heavy (non-hydrogen) atoms. The van der Waals surface area contributed by atoms with Gasteiger partial charge >= 0.3 is 0 Å². The second-order valence-corrected chi connectivity index (χ2v) is 7.18. The Hall–Kier alpha value is -1.55. The number of ether oxygens (including phenoxy) is 1. The molecule has 2 aromatic carbocycles. The monoisotopic (exact) mass is 345 g/mol. The van der Waals surface area contributed by atoms with Crippen molar-refractivity contribution < 1.29 is 9.84 Å². The van der Waals surface area contributed by atoms with Crippen LogP contribution in [0.5, 0.6) is 5.75 Å². The van der Waals surface area contributed by atoms with Crippen LogP contribution in [-0.4, -0.2) is 23.2 Å². The summed E-state index contributed by atoms with van der Waals surface area (Å²) in [6, 6.07) is 14.0. The molecule has 0 bridgehead atoms. The Morgan fingerprint density at radius 2 is 2.04 bits per heavy atom. The van der Waals surface area contributed by atoms with Crippen LogP contribution >= 0.6 is 11.6 Å². The van der Waals surface area contributed by atoms with E-state index in [1.165, 1.54) is 5.56 Å². The van der Waals surface area contributed by atoms with Crippen molar-refractivity contribution >= 4 is 11.6 Å². The fourth-order valence-electron chi connectivity index (χ4n) is 3.07. The molecule has 1 aliphatic heterocycles. The van der Waals surface area contributed by atoms with Crippen LogP contribution in [0, 0.1) is 5.92 Å². The van der Waals surface area contributed by atoms with Crippen LogP contribution in [0.2, 0.25) is 5.02 Å². The molecule has 0 radical (unpaired) electrons. The minimum Gasteiger partial charge on any atom is -0.492 e. The number of rotatable bonds is 4. The van der Waals surface area contributed by atoms with Crippen molar-refractivity contribution in [2.75, 3.05) is 13.2 Å². The van der Waals surface area contributed by atoms with E-state index in [-0.39, 0.29) is 5.92 Å². The molecule has 4 heteroatoms. The average molecular weight is 346 g/mol. The number of aliphatic hydroxyl groups is 1. The molecule has 0 amide bonds. The summed E-state index contributed by atoms with van der Waals surface area (Å²) in [5, 5.41) is 11.1. The lowest BCUT2D eigenvalue weighted by Crippen LogP contribution is -2.25. The van der Waals surface area contributed by atoms with E-state index in [1.54, 1.807) is 0 Å². The third-order valence-electron chi connectivity index (χ3n) is 4.41. The van der Waals surface area contributed by atoms with E-state index in [0.29, 0.717) is 6.61 Å². The van der Waals surface area contributed by atoms with E-state index in [2.05, 4.69) is 17.0 Å². The summed E-state index contributed by atoms with van der Waals surface area (Å²) in [7, 11) is 0. The molecule has 0 spiro atoms. The predicted octanol–water partition coefficient (Wildman–Crippen LogP) is 4.42. The normalized spacial score (nSPS) is 16.4. The van der Waals surface area contributed by atoms with Crippen LogP contribution < -0.4 is 4.74 Å². The third kappa shape index (κ3) is 4.10. The average Bonchev–Trinajstić information content (AvgIpc) is 2.75. The van der Waals surface area contributed by atoms with Gasteiger partial charge in [0, 0.05) is 30.2 Å². The van der Waals surface area contributed by atoms with Crippen LogP contribution in [0.25, 0.3) is 0 Å². The van der Waals surface area contributed by atoms with Gasteiger partial charge in [-0.1, -0.05) is 43.6 Å². The zero-order valence-electron chi connectivity index (χ0n) is 14.2. The van der Waals surface area contributed by atoms with E-state index in [0.717, 1.165) is 41.5 Å². The highest BCUT2D eigenvalue weighted by molar-refractivity contribution is 6.30. The molecule has 1 heterocycles. The third-order valence-corrected chi connectivity index (χ3v) is 4.65. The largest absolute Gasteiger partial charge is 0.492 e. The van der Waals surface area contributed by atoms with Gasteiger partial charge in [0.15, 0.2) is 0 Å². The van der Waals surface area contributed by atoms with E-state index < -0.39 is 6.10 Å². The number of benzene rings is 2. The number of hydrogen-bond donors (Lipinski definition) is 1. The number of halogens is 1. The molecule has 3 nitrogen and oxygen atoms in total. The standard InChI is InChI=1S/C20H24ClNO2/c1-14(2)20(23)16-6-7-19-17(11-16)13-22(8-9-24-19)12-15-4-3-5-18(21)10-15/h3-7,10-11,14,20,23H,8-9,12-13H2,1-2H3. The van der Waals surface area contributed by atoms with E-state index in [9.17, 15) is 5.11 Å². The first-order chi connectivity index (χ1) is 11.5. The van der Waals surface area contributed by atoms with Crippen molar-refractivity contribution in [3.63, 3.8) is 0 Å². The Bertz CT molecular complexity index is 702. The highest BCUT2D eigenvalue weighted by Gasteiger charge is 2.19. The maximum atomic E-state index is 10.3. The van der Waals surface area contributed by atoms with Gasteiger partial charge in [-0.15, -0.1) is 0 Å². The maximum absolute atomic E-state index is 10.3. The Labute approximate surface area is 148 Å². The Kier molecular flexibility index (Phi) is 5.44. The first kappa shape index (κ1) is 17.3. The van der Waals surface area contributed by atoms with Crippen molar-refractivity contribution in [1.82, 2.24) is 4.90 Å². The Morgan fingerprint density at radius 1 is 1.21 bits per heavy atom. The van der Waals surface area contributed by atoms with Gasteiger partial charge in [-0.25, -0.2) is 0 Å². The highest BCUT2D eigenvalue weighted by atomic mass is 35.5. The first-order valence-electron chi connectivity index (χ1n) is 8.43. The number of fused-ring (bicyclic) bond motifs is 1. The molecule has 1 atom stereocenters. The summed E-state index contributed by atoms with van der Waals surface area (Å²) in [5.41, 5.74) is 3.29. The highest BCUT2D eigenvalue weighted by Crippen LogP contribution is 2.30. The fraction of sp³-hybridized carbons (Fsp3) is 0.400. The smallest absolute Gasteiger partial charge is 0.123 e. The van der Waals surface area contributed by atoms with Gasteiger partial charge < -0.3 is 9.84 Å². The van der Waals surface area contributed by atoms with Crippen LogP contribution in [0.15, 0.2) is 42.5 Å². The first-order valence-corrected chi connectivity index (χ1v) is 8.81. The van der Waals surface area contributed by atoms with Crippen molar-refractivity contribution in [3.05, 3.63) is 64.2 Å². The van der Waals surface area contributed by atoms with Crippen LogP contribution in [0.1, 0.15) is 36.6 Å². The molecule has 1 N–H and O–H groups in total. The minimum absolute atomic E-state index is 0.192. The molecule has 128 valence electrons. The molecular formula is C20H24ClNO2.